The van der Waals surface area contributed by atoms with Gasteiger partial charge in [-0.1, -0.05) is 24.3 Å². The van der Waals surface area contributed by atoms with Gasteiger partial charge >= 0.3 is 7.12 Å². The van der Waals surface area contributed by atoms with E-state index in [4.69, 9.17) is 4.42 Å². The van der Waals surface area contributed by atoms with Crippen molar-refractivity contribution in [3.63, 3.8) is 0 Å². The molecule has 1 aliphatic rings. The number of halogens is 1. The molecule has 1 heterocycles. The number of nitrogens with zero attached hydrogens (tertiary/aromatic N) is 1. The number of nitrogens with one attached hydrogen (secondary N) is 1. The molecule has 0 saturated heterocycles. The molecule has 11 heteroatoms. The molecule has 1 amide bonds. The number of hydrogen-bond acceptors (Lipinski definition) is 5. The van der Waals surface area contributed by atoms with E-state index in [1.54, 1.807) is 43.4 Å². The largest absolute Gasteiger partial charge is 0.488 e. The van der Waals surface area contributed by atoms with Crippen LogP contribution in [0.15, 0.2) is 65.1 Å². The minimum atomic E-state index is -2.24. The highest BCUT2D eigenvalue weighted by atomic mass is 32.2. The molecule has 8 nitrogen and oxygen atoms in total. The summed E-state index contributed by atoms with van der Waals surface area (Å²) in [5, 5.41) is 21.9. The minimum absolute atomic E-state index is 0.195. The lowest BCUT2D eigenvalue weighted by molar-refractivity contribution is 0.0964. The molecule has 1 aromatic heterocycles. The van der Waals surface area contributed by atoms with Gasteiger partial charge in [-0.3, -0.25) is 9.35 Å². The Kier molecular flexibility index (Phi) is 7.97. The van der Waals surface area contributed by atoms with E-state index in [9.17, 15) is 28.0 Å². The summed E-state index contributed by atoms with van der Waals surface area (Å²) in [7, 11) is -0.00923. The number of amides is 1. The van der Waals surface area contributed by atoms with Crippen LogP contribution in [0, 0.1) is 5.82 Å². The number of hydrogen-bond donors (Lipinski definition) is 4. The van der Waals surface area contributed by atoms with Crippen molar-refractivity contribution < 1.29 is 32.4 Å². The third-order valence-corrected chi connectivity index (χ3v) is 7.78. The van der Waals surface area contributed by atoms with Crippen LogP contribution in [0.5, 0.6) is 0 Å². The Morgan fingerprint density at radius 1 is 1.13 bits per heavy atom. The van der Waals surface area contributed by atoms with Gasteiger partial charge < -0.3 is 19.8 Å². The smallest absolute Gasteiger partial charge is 0.455 e. The van der Waals surface area contributed by atoms with Crippen molar-refractivity contribution in [1.82, 2.24) is 9.62 Å². The van der Waals surface area contributed by atoms with E-state index in [-0.39, 0.29) is 24.9 Å². The number of fused-ring (bicyclic) bond motifs is 1. The maximum absolute atomic E-state index is 13.6. The van der Waals surface area contributed by atoms with Crippen LogP contribution in [0.4, 0.5) is 4.39 Å². The van der Waals surface area contributed by atoms with Crippen LogP contribution in [-0.2, 0) is 24.2 Å². The molecule has 4 aromatic rings. The lowest BCUT2D eigenvalue weighted by Crippen LogP contribution is -2.30. The van der Waals surface area contributed by atoms with Crippen LogP contribution in [0.2, 0.25) is 0 Å². The second kappa shape index (κ2) is 11.4. The second-order valence-electron chi connectivity index (χ2n) is 9.67. The second-order valence-corrected chi connectivity index (χ2v) is 10.7. The molecular weight excluding hydrogens is 522 g/mol. The van der Waals surface area contributed by atoms with Gasteiger partial charge in [0.2, 0.25) is 11.3 Å². The van der Waals surface area contributed by atoms with Crippen molar-refractivity contribution in [1.29, 1.82) is 0 Å². The van der Waals surface area contributed by atoms with Gasteiger partial charge in [0.15, 0.2) is 0 Å². The van der Waals surface area contributed by atoms with Crippen LogP contribution < -0.4 is 10.8 Å². The fourth-order valence-electron chi connectivity index (χ4n) is 4.78. The fraction of sp³-hybridized carbons (Fsp3) is 0.250. The monoisotopic (exact) mass is 550 g/mol. The molecule has 1 atom stereocenters. The lowest BCUT2D eigenvalue weighted by Gasteiger charge is -2.20. The molecule has 4 N–H and O–H groups in total. The third-order valence-electron chi connectivity index (χ3n) is 7.02. The van der Waals surface area contributed by atoms with Gasteiger partial charge in [0, 0.05) is 31.1 Å². The highest BCUT2D eigenvalue weighted by molar-refractivity contribution is 7.76. The third kappa shape index (κ3) is 5.97. The molecule has 0 radical (unpaired) electrons. The maximum Gasteiger partial charge on any atom is 0.488 e. The Balaban J connectivity index is 1.49. The zero-order chi connectivity index (χ0) is 27.7. The zero-order valence-electron chi connectivity index (χ0n) is 21.3. The average Bonchev–Trinajstić information content (AvgIpc) is 3.71. The number of rotatable bonds is 10. The average molecular weight is 550 g/mol. The zero-order valence-corrected chi connectivity index (χ0v) is 22.1. The van der Waals surface area contributed by atoms with Gasteiger partial charge in [0.1, 0.15) is 17.2 Å². The molecule has 1 aliphatic carbocycles. The van der Waals surface area contributed by atoms with Crippen molar-refractivity contribution in [2.75, 3.05) is 13.6 Å². The van der Waals surface area contributed by atoms with E-state index in [1.165, 1.54) is 16.4 Å². The van der Waals surface area contributed by atoms with Crippen LogP contribution >= 0.6 is 0 Å². The predicted octanol–water partition coefficient (Wildman–Crippen LogP) is 3.34. The van der Waals surface area contributed by atoms with Crippen LogP contribution in [0.3, 0.4) is 0 Å². The number of carbonyl (C=O) groups is 1. The Labute approximate surface area is 228 Å². The Bertz CT molecular complexity index is 1520. The molecule has 3 aromatic carbocycles. The number of carbonyl (C=O) groups excluding carboxylic acids is 1. The van der Waals surface area contributed by atoms with Crippen LogP contribution in [0.1, 0.15) is 45.8 Å². The quantitative estimate of drug-likeness (QED) is 0.178. The summed E-state index contributed by atoms with van der Waals surface area (Å²) in [5.41, 5.74) is 4.51. The summed E-state index contributed by atoms with van der Waals surface area (Å²) >= 11 is -2.24. The van der Waals surface area contributed by atoms with Crippen LogP contribution in [-0.4, -0.2) is 49.7 Å². The Hall–Kier alpha value is -3.35. The highest BCUT2D eigenvalue weighted by Gasteiger charge is 2.30. The molecule has 39 heavy (non-hydrogen) atoms. The van der Waals surface area contributed by atoms with Crippen molar-refractivity contribution in [3.8, 4) is 11.3 Å². The molecule has 0 bridgehead atoms. The van der Waals surface area contributed by atoms with E-state index in [1.807, 2.05) is 12.1 Å². The van der Waals surface area contributed by atoms with Crippen molar-refractivity contribution in [2.45, 2.75) is 31.7 Å². The molecular formula is C28H28BFN2O6S. The lowest BCUT2D eigenvalue weighted by atomic mass is 9.80. The summed E-state index contributed by atoms with van der Waals surface area (Å²) in [4.78, 5) is 12.9. The van der Waals surface area contributed by atoms with E-state index in [2.05, 4.69) is 5.32 Å². The fourth-order valence-corrected chi connectivity index (χ4v) is 5.28. The number of furan rings is 1. The van der Waals surface area contributed by atoms with Gasteiger partial charge in [-0.25, -0.2) is 8.60 Å². The maximum atomic E-state index is 13.6. The summed E-state index contributed by atoms with van der Waals surface area (Å²) in [6.45, 7) is 0.481. The Morgan fingerprint density at radius 2 is 1.82 bits per heavy atom. The summed E-state index contributed by atoms with van der Waals surface area (Å²) in [6, 6.07) is 16.3. The first-order valence-electron chi connectivity index (χ1n) is 12.6. The van der Waals surface area contributed by atoms with E-state index in [0.717, 1.165) is 29.5 Å². The normalized spacial score (nSPS) is 14.1. The first kappa shape index (κ1) is 27.2. The summed E-state index contributed by atoms with van der Waals surface area (Å²) < 4.78 is 43.5. The molecule has 0 spiro atoms. The van der Waals surface area contributed by atoms with Crippen molar-refractivity contribution in [3.05, 3.63) is 88.7 Å². The van der Waals surface area contributed by atoms with Crippen molar-refractivity contribution >= 4 is 40.7 Å². The van der Waals surface area contributed by atoms with Crippen LogP contribution in [0.25, 0.3) is 22.3 Å². The predicted molar refractivity (Wildman–Crippen MR) is 148 cm³/mol. The standard InChI is InChI=1S/C28H28BFN2O6S/c1-31-28(33)26-24-15-23(18-4-5-18)20(14-25(24)38-27(26)19-6-10-22(30)11-7-19)16-32(39(36)37)13-12-17-2-8-21(9-3-17)29(34)35/h2-3,6-11,14-15,18,34-35H,4-5,12-13,16H2,1H3,(H,31,33)(H,36,37). The molecule has 0 aliphatic heterocycles. The summed E-state index contributed by atoms with van der Waals surface area (Å²) in [5.74, 6) is -0.0890. The van der Waals surface area contributed by atoms with E-state index in [0.29, 0.717) is 39.7 Å². The molecule has 1 fully saturated rings. The summed E-state index contributed by atoms with van der Waals surface area (Å²) in [6.07, 6.45) is 2.45. The SMILES string of the molecule is CNC(=O)c1c(-c2ccc(F)cc2)oc2cc(CN(CCc3ccc(B(O)O)cc3)S(=O)O)c(C3CC3)cc12. The van der Waals surface area contributed by atoms with Gasteiger partial charge in [0.25, 0.3) is 5.91 Å². The molecule has 1 saturated carbocycles. The Morgan fingerprint density at radius 3 is 2.41 bits per heavy atom. The van der Waals surface area contributed by atoms with E-state index < -0.39 is 24.2 Å². The number of benzene rings is 3. The molecule has 5 rings (SSSR count). The first-order valence-corrected chi connectivity index (χ1v) is 13.7. The first-order chi connectivity index (χ1) is 18.7. The van der Waals surface area contributed by atoms with Gasteiger partial charge in [-0.15, -0.1) is 0 Å². The molecule has 202 valence electrons. The molecule has 1 unspecified atom stereocenters. The van der Waals surface area contributed by atoms with Crippen molar-refractivity contribution in [2.24, 2.45) is 0 Å². The van der Waals surface area contributed by atoms with Gasteiger partial charge in [0.05, 0.1) is 5.56 Å². The topological polar surface area (TPSA) is 123 Å². The minimum Gasteiger partial charge on any atom is -0.455 e. The highest BCUT2D eigenvalue weighted by Crippen LogP contribution is 2.45. The van der Waals surface area contributed by atoms with Gasteiger partial charge in [-0.2, -0.15) is 4.31 Å². The van der Waals surface area contributed by atoms with Gasteiger partial charge in [-0.05, 0) is 83.7 Å². The van der Waals surface area contributed by atoms with E-state index >= 15 is 0 Å².